The van der Waals surface area contributed by atoms with Crippen molar-refractivity contribution in [3.63, 3.8) is 0 Å². The summed E-state index contributed by atoms with van der Waals surface area (Å²) in [7, 11) is 0. The first-order chi connectivity index (χ1) is 41.0. The van der Waals surface area contributed by atoms with Crippen LogP contribution in [-0.4, -0.2) is 37.2 Å². The molecular formula is C77H142O6. The molecule has 1 unspecified atom stereocenters. The Kier molecular flexibility index (Phi) is 69.6. The zero-order valence-electron chi connectivity index (χ0n) is 56.0. The fraction of sp³-hybridized carbons (Fsp3) is 0.857. The van der Waals surface area contributed by atoms with Gasteiger partial charge in [-0.1, -0.05) is 352 Å². The molecule has 0 aromatic rings. The van der Waals surface area contributed by atoms with Crippen molar-refractivity contribution >= 4 is 17.9 Å². The third kappa shape index (κ3) is 70.0. The second-order valence-corrected chi connectivity index (χ2v) is 25.2. The van der Waals surface area contributed by atoms with Gasteiger partial charge in [0.05, 0.1) is 0 Å². The fourth-order valence-electron chi connectivity index (χ4n) is 11.2. The lowest BCUT2D eigenvalue weighted by atomic mass is 10.0. The number of hydrogen-bond donors (Lipinski definition) is 0. The van der Waals surface area contributed by atoms with Gasteiger partial charge in [-0.15, -0.1) is 0 Å². The Bertz CT molecular complexity index is 1430. The predicted molar refractivity (Wildman–Crippen MR) is 362 cm³/mol. The molecule has 0 aliphatic heterocycles. The molecule has 0 saturated carbocycles. The zero-order chi connectivity index (χ0) is 59.9. The van der Waals surface area contributed by atoms with Gasteiger partial charge in [-0.2, -0.15) is 0 Å². The molecule has 486 valence electrons. The van der Waals surface area contributed by atoms with Gasteiger partial charge in [0.25, 0.3) is 0 Å². The van der Waals surface area contributed by atoms with Crippen LogP contribution >= 0.6 is 0 Å². The highest BCUT2D eigenvalue weighted by Gasteiger charge is 2.19. The highest BCUT2D eigenvalue weighted by molar-refractivity contribution is 5.71. The molecule has 1 atom stereocenters. The zero-order valence-corrected chi connectivity index (χ0v) is 56.0. The third-order valence-corrected chi connectivity index (χ3v) is 16.8. The summed E-state index contributed by atoms with van der Waals surface area (Å²) in [4.78, 5) is 38.5. The molecule has 0 N–H and O–H groups in total. The molecule has 0 fully saturated rings. The minimum absolute atomic E-state index is 0.0741. The molecule has 0 bridgehead atoms. The van der Waals surface area contributed by atoms with E-state index in [4.69, 9.17) is 14.2 Å². The van der Waals surface area contributed by atoms with Crippen molar-refractivity contribution in [3.05, 3.63) is 48.6 Å². The Balaban J connectivity index is 4.25. The number of unbranched alkanes of at least 4 members (excludes halogenated alkanes) is 50. The summed E-state index contributed by atoms with van der Waals surface area (Å²) >= 11 is 0. The minimum Gasteiger partial charge on any atom is -0.462 e. The average molecular weight is 1160 g/mol. The van der Waals surface area contributed by atoms with Gasteiger partial charge in [-0.3, -0.25) is 14.4 Å². The second-order valence-electron chi connectivity index (χ2n) is 25.2. The summed E-state index contributed by atoms with van der Waals surface area (Å²) in [6.45, 7) is 6.67. The Morgan fingerprint density at radius 3 is 0.687 bits per heavy atom. The van der Waals surface area contributed by atoms with E-state index in [0.717, 1.165) is 83.5 Å². The molecular weight excluding hydrogens is 1020 g/mol. The van der Waals surface area contributed by atoms with Crippen LogP contribution in [0.1, 0.15) is 406 Å². The van der Waals surface area contributed by atoms with Crippen LogP contribution in [0, 0.1) is 0 Å². The first-order valence-corrected chi connectivity index (χ1v) is 37.1. The molecule has 83 heavy (non-hydrogen) atoms. The molecule has 0 aliphatic carbocycles. The van der Waals surface area contributed by atoms with Crippen LogP contribution in [0.15, 0.2) is 48.6 Å². The van der Waals surface area contributed by atoms with E-state index in [1.807, 2.05) is 0 Å². The number of carbonyl (C=O) groups is 3. The molecule has 0 heterocycles. The monoisotopic (exact) mass is 1160 g/mol. The maximum Gasteiger partial charge on any atom is 0.306 e. The Hall–Kier alpha value is -2.63. The maximum absolute atomic E-state index is 13.0. The summed E-state index contributed by atoms with van der Waals surface area (Å²) in [6.07, 6.45) is 91.5. The number of ether oxygens (including phenoxy) is 3. The Morgan fingerprint density at radius 2 is 0.434 bits per heavy atom. The Morgan fingerprint density at radius 1 is 0.241 bits per heavy atom. The third-order valence-electron chi connectivity index (χ3n) is 16.8. The van der Waals surface area contributed by atoms with Gasteiger partial charge in [0.1, 0.15) is 13.2 Å². The number of hydrogen-bond acceptors (Lipinski definition) is 6. The first kappa shape index (κ1) is 80.4. The lowest BCUT2D eigenvalue weighted by Gasteiger charge is -2.18. The smallest absolute Gasteiger partial charge is 0.306 e. The van der Waals surface area contributed by atoms with Crippen LogP contribution in [0.3, 0.4) is 0 Å². The number of carbonyl (C=O) groups excluding carboxylic acids is 3. The summed E-state index contributed by atoms with van der Waals surface area (Å²) in [5, 5.41) is 0. The van der Waals surface area contributed by atoms with Gasteiger partial charge in [0.15, 0.2) is 6.10 Å². The molecule has 0 saturated heterocycles. The first-order valence-electron chi connectivity index (χ1n) is 37.1. The van der Waals surface area contributed by atoms with Gasteiger partial charge in [-0.05, 0) is 83.5 Å². The van der Waals surface area contributed by atoms with Crippen LogP contribution in [0.5, 0.6) is 0 Å². The van der Waals surface area contributed by atoms with Crippen molar-refractivity contribution in [2.24, 2.45) is 0 Å². The molecule has 0 radical (unpaired) electrons. The molecule has 6 heteroatoms. The normalized spacial score (nSPS) is 12.3. The van der Waals surface area contributed by atoms with E-state index >= 15 is 0 Å². The van der Waals surface area contributed by atoms with E-state index in [9.17, 15) is 14.4 Å². The van der Waals surface area contributed by atoms with Crippen molar-refractivity contribution < 1.29 is 28.6 Å². The standard InChI is InChI=1S/C77H142O6/c1-4-7-10-13-16-19-22-25-28-30-32-34-36-37-38-39-41-42-44-46-49-52-55-58-61-64-67-70-76(79)82-73-74(72-81-75(78)69-66-63-60-57-54-51-48-27-24-21-18-15-12-9-6-3)83-77(80)71-68-65-62-59-56-53-50-47-45-43-40-35-33-31-29-26-23-20-17-14-11-8-5-2/h18,21,23,26-27,31,33,48,74H,4-17,19-20,22,24-25,28-30,32,34-47,49-73H2,1-3H3/b21-18-,26-23-,33-31-,48-27-. The number of esters is 3. The van der Waals surface area contributed by atoms with E-state index in [0.29, 0.717) is 19.3 Å². The summed E-state index contributed by atoms with van der Waals surface area (Å²) < 4.78 is 17.0. The van der Waals surface area contributed by atoms with Crippen molar-refractivity contribution in [3.8, 4) is 0 Å². The van der Waals surface area contributed by atoms with Crippen LogP contribution in [0.25, 0.3) is 0 Å². The van der Waals surface area contributed by atoms with Crippen LogP contribution in [0.2, 0.25) is 0 Å². The molecule has 0 rings (SSSR count). The van der Waals surface area contributed by atoms with Crippen LogP contribution < -0.4 is 0 Å². The predicted octanol–water partition coefficient (Wildman–Crippen LogP) is 25.7. The van der Waals surface area contributed by atoms with E-state index < -0.39 is 6.10 Å². The number of allylic oxidation sites excluding steroid dienone is 8. The molecule has 0 spiro atoms. The molecule has 6 nitrogen and oxygen atoms in total. The van der Waals surface area contributed by atoms with Crippen molar-refractivity contribution in [1.82, 2.24) is 0 Å². The summed E-state index contributed by atoms with van der Waals surface area (Å²) in [6, 6.07) is 0. The van der Waals surface area contributed by atoms with E-state index in [1.54, 1.807) is 0 Å². The number of rotatable bonds is 69. The van der Waals surface area contributed by atoms with E-state index in [2.05, 4.69) is 69.4 Å². The average Bonchev–Trinajstić information content (AvgIpc) is 3.49. The minimum atomic E-state index is -0.780. The van der Waals surface area contributed by atoms with E-state index in [-0.39, 0.29) is 31.1 Å². The van der Waals surface area contributed by atoms with Crippen molar-refractivity contribution in [2.45, 2.75) is 412 Å². The summed E-state index contributed by atoms with van der Waals surface area (Å²) in [5.74, 6) is -0.862. The van der Waals surface area contributed by atoms with Crippen molar-refractivity contribution in [2.75, 3.05) is 13.2 Å². The van der Waals surface area contributed by atoms with Gasteiger partial charge < -0.3 is 14.2 Å². The van der Waals surface area contributed by atoms with Gasteiger partial charge in [0.2, 0.25) is 0 Å². The van der Waals surface area contributed by atoms with Gasteiger partial charge in [0, 0.05) is 19.3 Å². The van der Waals surface area contributed by atoms with Crippen molar-refractivity contribution in [1.29, 1.82) is 0 Å². The topological polar surface area (TPSA) is 78.9 Å². The maximum atomic E-state index is 13.0. The molecule has 0 aromatic carbocycles. The lowest BCUT2D eigenvalue weighted by molar-refractivity contribution is -0.167. The quantitative estimate of drug-likeness (QED) is 0.0261. The lowest BCUT2D eigenvalue weighted by Crippen LogP contribution is -2.30. The van der Waals surface area contributed by atoms with E-state index in [1.165, 1.54) is 283 Å². The second kappa shape index (κ2) is 71.8. The van der Waals surface area contributed by atoms with Gasteiger partial charge in [-0.25, -0.2) is 0 Å². The highest BCUT2D eigenvalue weighted by atomic mass is 16.6. The fourth-order valence-corrected chi connectivity index (χ4v) is 11.2. The van der Waals surface area contributed by atoms with Crippen LogP contribution in [0.4, 0.5) is 0 Å². The largest absolute Gasteiger partial charge is 0.462 e. The van der Waals surface area contributed by atoms with Gasteiger partial charge >= 0.3 is 17.9 Å². The highest BCUT2D eigenvalue weighted by Crippen LogP contribution is 2.19. The Labute approximate surface area is 518 Å². The SMILES string of the molecule is CCCCC/C=C\C/C=C\CCCCCCCC(=O)OCC(COC(=O)CCCCCCCCCCCCCCCCCCCCCCCCCCCCC)OC(=O)CCCCCCCCCCCCC/C=C\C/C=C\CCCCCCC. The summed E-state index contributed by atoms with van der Waals surface area (Å²) in [5.41, 5.74) is 0. The van der Waals surface area contributed by atoms with Crippen LogP contribution in [-0.2, 0) is 28.6 Å². The molecule has 0 aliphatic rings. The molecule has 0 aromatic heterocycles. The molecule has 0 amide bonds.